The van der Waals surface area contributed by atoms with Gasteiger partial charge in [0.15, 0.2) is 10.8 Å². The van der Waals surface area contributed by atoms with E-state index in [2.05, 4.69) is 20.8 Å². The van der Waals surface area contributed by atoms with Crippen LogP contribution in [0.5, 0.6) is 0 Å². The first-order valence-corrected chi connectivity index (χ1v) is 7.16. The van der Waals surface area contributed by atoms with Crippen LogP contribution in [0.25, 0.3) is 0 Å². The van der Waals surface area contributed by atoms with Crippen LogP contribution < -0.4 is 10.6 Å². The number of carbonyl (C=O) groups is 1. The van der Waals surface area contributed by atoms with Crippen molar-refractivity contribution in [2.75, 3.05) is 5.32 Å². The second-order valence-electron chi connectivity index (χ2n) is 4.74. The minimum Gasteiger partial charge on any atom is -0.476 e. The Morgan fingerprint density at radius 3 is 2.82 bits per heavy atom. The summed E-state index contributed by atoms with van der Waals surface area (Å²) in [6.45, 7) is 5.27. The first-order valence-electron chi connectivity index (χ1n) is 6.75. The fourth-order valence-corrected chi connectivity index (χ4v) is 2.20. The molecule has 0 radical (unpaired) electrons. The van der Waals surface area contributed by atoms with Crippen molar-refractivity contribution in [2.45, 2.75) is 26.9 Å². The number of carboxylic acid groups (broad SMARTS) is 1. The maximum absolute atomic E-state index is 11.2. The Labute approximate surface area is 133 Å². The first-order chi connectivity index (χ1) is 10.4. The van der Waals surface area contributed by atoms with E-state index in [1.165, 1.54) is 10.9 Å². The zero-order valence-corrected chi connectivity index (χ0v) is 13.4. The number of hydrogen-bond donors (Lipinski definition) is 3. The van der Waals surface area contributed by atoms with E-state index in [9.17, 15) is 4.79 Å². The Kier molecular flexibility index (Phi) is 4.76. The number of aromatic nitrogens is 4. The Bertz CT molecular complexity index is 705. The number of anilines is 1. The summed E-state index contributed by atoms with van der Waals surface area (Å²) in [7, 11) is 1.56. The Balaban J connectivity index is 1.99. The normalized spacial score (nSPS) is 10.5. The maximum atomic E-state index is 11.2. The lowest BCUT2D eigenvalue weighted by Gasteiger charge is -2.09. The van der Waals surface area contributed by atoms with Crippen LogP contribution in [-0.4, -0.2) is 35.7 Å². The Morgan fingerprint density at radius 1 is 1.50 bits per heavy atom. The highest BCUT2D eigenvalue weighted by Gasteiger charge is 2.16. The molecule has 2 rings (SSSR count). The van der Waals surface area contributed by atoms with Gasteiger partial charge in [-0.05, 0) is 26.1 Å². The summed E-state index contributed by atoms with van der Waals surface area (Å²) in [5.41, 5.74) is 2.38. The number of aryl methyl sites for hydroxylation is 3. The van der Waals surface area contributed by atoms with Gasteiger partial charge in [0, 0.05) is 31.9 Å². The molecule has 8 nitrogen and oxygen atoms in total. The quantitative estimate of drug-likeness (QED) is 0.710. The molecule has 0 spiro atoms. The molecule has 0 bridgehead atoms. The lowest BCUT2D eigenvalue weighted by atomic mass is 10.3. The zero-order chi connectivity index (χ0) is 16.3. The third kappa shape index (κ3) is 3.42. The van der Waals surface area contributed by atoms with Crippen molar-refractivity contribution in [1.82, 2.24) is 24.9 Å². The number of nitrogens with zero attached hydrogens (tertiary/aromatic N) is 4. The molecule has 2 aromatic heterocycles. The van der Waals surface area contributed by atoms with Gasteiger partial charge in [-0.1, -0.05) is 0 Å². The molecule has 3 N–H and O–H groups in total. The van der Waals surface area contributed by atoms with Gasteiger partial charge in [0.1, 0.15) is 0 Å². The second-order valence-corrected chi connectivity index (χ2v) is 5.15. The summed E-state index contributed by atoms with van der Waals surface area (Å²) >= 11 is 5.19. The Hall–Kier alpha value is -2.42. The summed E-state index contributed by atoms with van der Waals surface area (Å²) in [5, 5.41) is 23.6. The van der Waals surface area contributed by atoms with Gasteiger partial charge in [-0.3, -0.25) is 9.36 Å². The van der Waals surface area contributed by atoms with Crippen molar-refractivity contribution in [3.05, 3.63) is 29.3 Å². The van der Waals surface area contributed by atoms with E-state index in [1.807, 2.05) is 24.7 Å². The minimum atomic E-state index is -1.06. The zero-order valence-electron chi connectivity index (χ0n) is 12.6. The third-order valence-corrected chi connectivity index (χ3v) is 3.45. The van der Waals surface area contributed by atoms with E-state index in [4.69, 9.17) is 17.3 Å². The van der Waals surface area contributed by atoms with Crippen molar-refractivity contribution in [2.24, 2.45) is 7.05 Å². The number of rotatable bonds is 5. The number of carboxylic acids is 1. The molecular weight excluding hydrogens is 304 g/mol. The molecule has 0 aliphatic carbocycles. The molecule has 118 valence electrons. The predicted octanol–water partition coefficient (Wildman–Crippen LogP) is 1.13. The van der Waals surface area contributed by atoms with Gasteiger partial charge in [0.05, 0.1) is 17.6 Å². The van der Waals surface area contributed by atoms with Gasteiger partial charge in [-0.25, -0.2) is 4.79 Å². The molecule has 0 saturated heterocycles. The standard InChI is InChI=1S/C13H18N6O2S/c1-4-19-7-9(8(2)17-19)5-14-13(22)16-10-6-15-18(3)11(10)12(20)21/h6-7H,4-5H2,1-3H3,(H,20,21)(H2,14,16,22). The van der Waals surface area contributed by atoms with Gasteiger partial charge in [-0.2, -0.15) is 10.2 Å². The van der Waals surface area contributed by atoms with E-state index >= 15 is 0 Å². The molecule has 0 saturated carbocycles. The highest BCUT2D eigenvalue weighted by atomic mass is 32.1. The van der Waals surface area contributed by atoms with E-state index in [0.29, 0.717) is 17.3 Å². The molecular formula is C13H18N6O2S. The summed E-state index contributed by atoms with van der Waals surface area (Å²) in [6, 6.07) is 0. The smallest absolute Gasteiger partial charge is 0.356 e. The first kappa shape index (κ1) is 16.0. The van der Waals surface area contributed by atoms with E-state index in [0.717, 1.165) is 17.8 Å². The molecule has 0 amide bonds. The van der Waals surface area contributed by atoms with Gasteiger partial charge >= 0.3 is 5.97 Å². The van der Waals surface area contributed by atoms with Crippen LogP contribution in [0.2, 0.25) is 0 Å². The number of hydrogen-bond acceptors (Lipinski definition) is 4. The molecule has 0 aliphatic heterocycles. The van der Waals surface area contributed by atoms with Crippen LogP contribution >= 0.6 is 12.2 Å². The van der Waals surface area contributed by atoms with Crippen LogP contribution in [0.15, 0.2) is 12.4 Å². The third-order valence-electron chi connectivity index (χ3n) is 3.20. The minimum absolute atomic E-state index is 0.0548. The number of nitrogens with one attached hydrogen (secondary N) is 2. The highest BCUT2D eigenvalue weighted by molar-refractivity contribution is 7.80. The van der Waals surface area contributed by atoms with Crippen molar-refractivity contribution >= 4 is 29.0 Å². The molecule has 0 fully saturated rings. The summed E-state index contributed by atoms with van der Waals surface area (Å²) in [6.07, 6.45) is 3.38. The fraction of sp³-hybridized carbons (Fsp3) is 0.385. The SMILES string of the molecule is CCn1cc(CNC(=S)Nc2cnn(C)c2C(=O)O)c(C)n1. The lowest BCUT2D eigenvalue weighted by molar-refractivity contribution is 0.0686. The van der Waals surface area contributed by atoms with Gasteiger partial charge in [-0.15, -0.1) is 0 Å². The Morgan fingerprint density at radius 2 is 2.23 bits per heavy atom. The van der Waals surface area contributed by atoms with Gasteiger partial charge < -0.3 is 15.7 Å². The monoisotopic (exact) mass is 322 g/mol. The van der Waals surface area contributed by atoms with E-state index in [-0.39, 0.29) is 5.69 Å². The summed E-state index contributed by atoms with van der Waals surface area (Å²) in [5.74, 6) is -1.06. The number of aromatic carboxylic acids is 1. The molecule has 22 heavy (non-hydrogen) atoms. The highest BCUT2D eigenvalue weighted by Crippen LogP contribution is 2.14. The van der Waals surface area contributed by atoms with E-state index in [1.54, 1.807) is 7.05 Å². The van der Waals surface area contributed by atoms with E-state index < -0.39 is 5.97 Å². The molecule has 2 heterocycles. The van der Waals surface area contributed by atoms with Crippen LogP contribution in [0.1, 0.15) is 28.7 Å². The second kappa shape index (κ2) is 6.56. The largest absolute Gasteiger partial charge is 0.476 e. The summed E-state index contributed by atoms with van der Waals surface area (Å²) < 4.78 is 3.13. The summed E-state index contributed by atoms with van der Waals surface area (Å²) in [4.78, 5) is 11.2. The van der Waals surface area contributed by atoms with Crippen LogP contribution in [-0.2, 0) is 20.1 Å². The van der Waals surface area contributed by atoms with Crippen molar-refractivity contribution in [3.8, 4) is 0 Å². The van der Waals surface area contributed by atoms with Crippen molar-refractivity contribution in [1.29, 1.82) is 0 Å². The maximum Gasteiger partial charge on any atom is 0.356 e. The molecule has 0 aliphatic rings. The fourth-order valence-electron chi connectivity index (χ4n) is 2.02. The topological polar surface area (TPSA) is 97.0 Å². The lowest BCUT2D eigenvalue weighted by Crippen LogP contribution is -2.28. The van der Waals surface area contributed by atoms with Crippen LogP contribution in [0, 0.1) is 6.92 Å². The average molecular weight is 322 g/mol. The van der Waals surface area contributed by atoms with Crippen LogP contribution in [0.3, 0.4) is 0 Å². The molecule has 0 atom stereocenters. The van der Waals surface area contributed by atoms with Crippen LogP contribution in [0.4, 0.5) is 5.69 Å². The van der Waals surface area contributed by atoms with Gasteiger partial charge in [0.2, 0.25) is 0 Å². The van der Waals surface area contributed by atoms with Gasteiger partial charge in [0.25, 0.3) is 0 Å². The van der Waals surface area contributed by atoms with Crippen molar-refractivity contribution in [3.63, 3.8) is 0 Å². The molecule has 0 unspecified atom stereocenters. The average Bonchev–Trinajstić information content (AvgIpc) is 2.99. The predicted molar refractivity (Wildman–Crippen MR) is 85.9 cm³/mol. The molecule has 9 heteroatoms. The van der Waals surface area contributed by atoms with Crippen molar-refractivity contribution < 1.29 is 9.90 Å². The molecule has 0 aromatic carbocycles. The molecule has 2 aromatic rings. The number of thiocarbonyl (C=S) groups is 1.